The number of rotatable bonds is 4. The first-order valence-corrected chi connectivity index (χ1v) is 7.27. The molecule has 0 saturated heterocycles. The number of halogens is 3. The second-order valence-corrected chi connectivity index (χ2v) is 5.86. The molecule has 0 bridgehead atoms. The fourth-order valence-corrected chi connectivity index (χ4v) is 1.84. The van der Waals surface area contributed by atoms with Gasteiger partial charge in [0.15, 0.2) is 0 Å². The maximum absolute atomic E-state index is 12.3. The van der Waals surface area contributed by atoms with Gasteiger partial charge in [0.1, 0.15) is 0 Å². The third-order valence-electron chi connectivity index (χ3n) is 2.70. The monoisotopic (exact) mass is 338 g/mol. The van der Waals surface area contributed by atoms with Crippen molar-refractivity contribution in [2.45, 2.75) is 19.4 Å². The maximum Gasteiger partial charge on any atom is 0.534 e. The molecule has 122 valence electrons. The van der Waals surface area contributed by atoms with E-state index in [1.807, 2.05) is 6.92 Å². The molecule has 0 spiro atoms. The Morgan fingerprint density at radius 2 is 1.77 bits per heavy atom. The van der Waals surface area contributed by atoms with Crippen molar-refractivity contribution in [3.05, 3.63) is 40.6 Å². The molecule has 0 aliphatic heterocycles. The predicted molar refractivity (Wildman–Crippen MR) is 72.0 cm³/mol. The summed E-state index contributed by atoms with van der Waals surface area (Å²) in [6, 6.07) is 4.71. The van der Waals surface area contributed by atoms with Gasteiger partial charge in [-0.05, 0) is 36.6 Å². The molecule has 1 aromatic carbocycles. The number of ether oxygens (including phenoxy) is 1. The molecule has 0 aliphatic carbocycles. The van der Waals surface area contributed by atoms with Crippen molar-refractivity contribution in [3.8, 4) is 0 Å². The van der Waals surface area contributed by atoms with E-state index in [0.29, 0.717) is 5.56 Å². The Kier molecular flexibility index (Phi) is 5.23. The smallest absolute Gasteiger partial charge is 0.463 e. The van der Waals surface area contributed by atoms with Crippen LogP contribution < -0.4 is 0 Å². The molecule has 1 rings (SSSR count). The fourth-order valence-electron chi connectivity index (χ4n) is 1.39. The Labute approximate surface area is 125 Å². The lowest BCUT2D eigenvalue weighted by atomic mass is 10.1. The fraction of sp³-hybridized carbons (Fsp3) is 0.308. The summed E-state index contributed by atoms with van der Waals surface area (Å²) in [4.78, 5) is 11.4. The van der Waals surface area contributed by atoms with Crippen molar-refractivity contribution in [2.75, 3.05) is 7.11 Å². The number of methoxy groups -OCH3 is 1. The Balaban J connectivity index is 3.27. The molecular weight excluding hydrogens is 325 g/mol. The number of alkyl halides is 3. The van der Waals surface area contributed by atoms with Crippen LogP contribution in [0.2, 0.25) is 0 Å². The van der Waals surface area contributed by atoms with Crippen LogP contribution in [0.5, 0.6) is 0 Å². The number of hydrogen-bond donors (Lipinski definition) is 0. The van der Waals surface area contributed by atoms with Crippen molar-refractivity contribution in [1.29, 1.82) is 0 Å². The van der Waals surface area contributed by atoms with Crippen LogP contribution in [-0.4, -0.2) is 27.0 Å². The first-order chi connectivity index (χ1) is 9.98. The standard InChI is InChI=1S/C13H13F3O5S/c1-8-4-5-10(6-9(8)2)7-11(12(17)20-3)21-22(18,19)13(14,15)16/h4-7H,1-3H3/b11-7+. The molecule has 0 saturated carbocycles. The highest BCUT2D eigenvalue weighted by Crippen LogP contribution is 2.27. The Morgan fingerprint density at radius 1 is 1.18 bits per heavy atom. The van der Waals surface area contributed by atoms with Crippen LogP contribution in [0.1, 0.15) is 16.7 Å². The van der Waals surface area contributed by atoms with Crippen molar-refractivity contribution in [1.82, 2.24) is 0 Å². The lowest BCUT2D eigenvalue weighted by Gasteiger charge is -2.11. The minimum Gasteiger partial charge on any atom is -0.463 e. The largest absolute Gasteiger partial charge is 0.534 e. The van der Waals surface area contributed by atoms with E-state index in [1.165, 1.54) is 6.07 Å². The third-order valence-corrected chi connectivity index (χ3v) is 3.66. The van der Waals surface area contributed by atoms with E-state index in [-0.39, 0.29) is 0 Å². The molecule has 0 aliphatic rings. The number of benzene rings is 1. The molecule has 0 N–H and O–H groups in total. The van der Waals surface area contributed by atoms with Crippen molar-refractivity contribution < 1.29 is 35.3 Å². The van der Waals surface area contributed by atoms with Crippen molar-refractivity contribution in [2.24, 2.45) is 0 Å². The second-order valence-electron chi connectivity index (χ2n) is 4.33. The van der Waals surface area contributed by atoms with Crippen LogP contribution in [0.25, 0.3) is 6.08 Å². The minimum absolute atomic E-state index is 0.292. The molecule has 22 heavy (non-hydrogen) atoms. The molecule has 0 aromatic heterocycles. The predicted octanol–water partition coefficient (Wildman–Crippen LogP) is 2.68. The van der Waals surface area contributed by atoms with Gasteiger partial charge in [0, 0.05) is 0 Å². The van der Waals surface area contributed by atoms with E-state index in [0.717, 1.165) is 24.3 Å². The van der Waals surface area contributed by atoms with E-state index in [9.17, 15) is 26.4 Å². The zero-order chi connectivity index (χ0) is 17.1. The van der Waals surface area contributed by atoms with Crippen LogP contribution in [0.4, 0.5) is 13.2 Å². The summed E-state index contributed by atoms with van der Waals surface area (Å²) in [7, 11) is -5.07. The van der Waals surface area contributed by atoms with Crippen LogP contribution in [-0.2, 0) is 23.8 Å². The first-order valence-electron chi connectivity index (χ1n) is 5.86. The lowest BCUT2D eigenvalue weighted by Crippen LogP contribution is -2.27. The molecule has 9 heteroatoms. The molecule has 0 fully saturated rings. The van der Waals surface area contributed by atoms with E-state index < -0.39 is 27.4 Å². The summed E-state index contributed by atoms with van der Waals surface area (Å²) < 4.78 is 67.1. The highest BCUT2D eigenvalue weighted by molar-refractivity contribution is 7.87. The third kappa shape index (κ3) is 4.23. The summed E-state index contributed by atoms with van der Waals surface area (Å²) in [5.74, 6) is -2.42. The maximum atomic E-state index is 12.3. The molecule has 0 unspecified atom stereocenters. The average Bonchev–Trinajstić information content (AvgIpc) is 2.39. The van der Waals surface area contributed by atoms with Gasteiger partial charge in [0.05, 0.1) is 7.11 Å². The summed E-state index contributed by atoms with van der Waals surface area (Å²) in [6.07, 6.45) is 0.863. The molecular formula is C13H13F3O5S. The van der Waals surface area contributed by atoms with Crippen molar-refractivity contribution >= 4 is 22.2 Å². The van der Waals surface area contributed by atoms with Gasteiger partial charge in [-0.3, -0.25) is 0 Å². The van der Waals surface area contributed by atoms with Crippen molar-refractivity contribution in [3.63, 3.8) is 0 Å². The molecule has 0 radical (unpaired) electrons. The molecule has 1 aromatic rings. The summed E-state index contributed by atoms with van der Waals surface area (Å²) >= 11 is 0. The van der Waals surface area contributed by atoms with E-state index in [1.54, 1.807) is 19.1 Å². The van der Waals surface area contributed by atoms with Gasteiger partial charge in [0.2, 0.25) is 5.76 Å². The molecule has 0 amide bonds. The van der Waals surface area contributed by atoms with Gasteiger partial charge in [0.25, 0.3) is 0 Å². The topological polar surface area (TPSA) is 69.7 Å². The Hall–Kier alpha value is -2.03. The summed E-state index contributed by atoms with van der Waals surface area (Å²) in [5, 5.41) is 0. The summed E-state index contributed by atoms with van der Waals surface area (Å²) in [6.45, 7) is 3.56. The average molecular weight is 338 g/mol. The lowest BCUT2D eigenvalue weighted by molar-refractivity contribution is -0.138. The normalized spacial score (nSPS) is 12.9. The van der Waals surface area contributed by atoms with Gasteiger partial charge in [-0.15, -0.1) is 0 Å². The highest BCUT2D eigenvalue weighted by atomic mass is 32.2. The molecule has 0 heterocycles. The van der Waals surface area contributed by atoms with E-state index in [4.69, 9.17) is 0 Å². The number of carbonyl (C=O) groups is 1. The van der Waals surface area contributed by atoms with Crippen LogP contribution >= 0.6 is 0 Å². The minimum atomic E-state index is -5.96. The van der Waals surface area contributed by atoms with E-state index >= 15 is 0 Å². The quantitative estimate of drug-likeness (QED) is 0.278. The second kappa shape index (κ2) is 6.39. The molecule has 5 nitrogen and oxygen atoms in total. The van der Waals surface area contributed by atoms with Gasteiger partial charge >= 0.3 is 21.6 Å². The molecule has 0 atom stereocenters. The van der Waals surface area contributed by atoms with Crippen LogP contribution in [0.15, 0.2) is 24.0 Å². The Morgan fingerprint density at radius 3 is 2.23 bits per heavy atom. The van der Waals surface area contributed by atoms with Gasteiger partial charge < -0.3 is 8.92 Å². The van der Waals surface area contributed by atoms with Crippen LogP contribution in [0.3, 0.4) is 0 Å². The zero-order valence-corrected chi connectivity index (χ0v) is 12.7. The van der Waals surface area contributed by atoms with Gasteiger partial charge in [-0.25, -0.2) is 4.79 Å². The van der Waals surface area contributed by atoms with Gasteiger partial charge in [-0.2, -0.15) is 21.6 Å². The first kappa shape index (κ1) is 18.0. The number of esters is 1. The van der Waals surface area contributed by atoms with Crippen LogP contribution in [0, 0.1) is 13.8 Å². The number of carbonyl (C=O) groups excluding carboxylic acids is 1. The Bertz CT molecular complexity index is 705. The highest BCUT2D eigenvalue weighted by Gasteiger charge is 2.49. The van der Waals surface area contributed by atoms with Gasteiger partial charge in [-0.1, -0.05) is 18.2 Å². The zero-order valence-electron chi connectivity index (χ0n) is 11.9. The SMILES string of the molecule is COC(=O)/C(=C\c1ccc(C)c(C)c1)OS(=O)(=O)C(F)(F)F. The summed E-state index contributed by atoms with van der Waals surface area (Å²) in [5.41, 5.74) is -3.64. The van der Waals surface area contributed by atoms with E-state index in [2.05, 4.69) is 8.92 Å². The number of hydrogen-bond acceptors (Lipinski definition) is 5. The number of aryl methyl sites for hydroxylation is 2.